The van der Waals surface area contributed by atoms with Crippen LogP contribution in [0.25, 0.3) is 0 Å². The van der Waals surface area contributed by atoms with Gasteiger partial charge in [-0.2, -0.15) is 8.78 Å². The quantitative estimate of drug-likeness (QED) is 0.820. The molecule has 1 aromatic carbocycles. The van der Waals surface area contributed by atoms with E-state index in [-0.39, 0.29) is 17.7 Å². The molecule has 104 valence electrons. The molecule has 1 atom stereocenters. The van der Waals surface area contributed by atoms with Crippen molar-refractivity contribution in [2.24, 2.45) is 0 Å². The number of benzene rings is 1. The van der Waals surface area contributed by atoms with Crippen molar-refractivity contribution in [3.63, 3.8) is 0 Å². The number of carboxylic acids is 1. The molecule has 0 saturated carbocycles. The Balaban J connectivity index is 2.60. The zero-order valence-corrected chi connectivity index (χ0v) is 10.1. The van der Waals surface area contributed by atoms with E-state index in [1.165, 1.54) is 31.2 Å². The lowest BCUT2D eigenvalue weighted by molar-refractivity contribution is -0.306. The van der Waals surface area contributed by atoms with Gasteiger partial charge in [0.15, 0.2) is 0 Å². The number of hydrogen-bond donors (Lipinski definition) is 1. The molecule has 0 aromatic heterocycles. The fourth-order valence-electron chi connectivity index (χ4n) is 1.40. The van der Waals surface area contributed by atoms with Crippen molar-refractivity contribution < 1.29 is 28.2 Å². The Hall–Kier alpha value is -2.18. The summed E-state index contributed by atoms with van der Waals surface area (Å²) in [6.07, 6.45) is -0.307. The molecule has 1 N–H and O–H groups in total. The number of ether oxygens (including phenoxy) is 1. The SMILES string of the molecule is C[C@@H](CC(=O)[O-])NC(=O)c1ccc(OC(F)F)cc1. The van der Waals surface area contributed by atoms with E-state index >= 15 is 0 Å². The summed E-state index contributed by atoms with van der Waals surface area (Å²) in [6.45, 7) is -1.41. The maximum absolute atomic E-state index is 11.9. The Morgan fingerprint density at radius 3 is 2.37 bits per heavy atom. The summed E-state index contributed by atoms with van der Waals surface area (Å²) in [5.41, 5.74) is 0.215. The third kappa shape index (κ3) is 5.33. The van der Waals surface area contributed by atoms with Crippen molar-refractivity contribution in [3.05, 3.63) is 29.8 Å². The van der Waals surface area contributed by atoms with E-state index in [0.29, 0.717) is 0 Å². The van der Waals surface area contributed by atoms with Gasteiger partial charge in [0.05, 0.1) is 0 Å². The summed E-state index contributed by atoms with van der Waals surface area (Å²) in [4.78, 5) is 22.0. The largest absolute Gasteiger partial charge is 0.550 e. The van der Waals surface area contributed by atoms with Gasteiger partial charge in [0.25, 0.3) is 5.91 Å². The first-order chi connectivity index (χ1) is 8.88. The van der Waals surface area contributed by atoms with Crippen LogP contribution in [0.15, 0.2) is 24.3 Å². The zero-order valence-electron chi connectivity index (χ0n) is 10.1. The van der Waals surface area contributed by atoms with E-state index in [0.717, 1.165) is 0 Å². The van der Waals surface area contributed by atoms with E-state index in [2.05, 4.69) is 10.1 Å². The average molecular weight is 272 g/mol. The summed E-state index contributed by atoms with van der Waals surface area (Å²) in [7, 11) is 0. The average Bonchev–Trinajstić information content (AvgIpc) is 2.27. The zero-order chi connectivity index (χ0) is 14.4. The molecule has 1 rings (SSSR count). The van der Waals surface area contributed by atoms with Gasteiger partial charge in [0.1, 0.15) is 5.75 Å². The van der Waals surface area contributed by atoms with Crippen molar-refractivity contribution >= 4 is 11.9 Å². The number of halogens is 2. The fourth-order valence-corrected chi connectivity index (χ4v) is 1.40. The highest BCUT2D eigenvalue weighted by molar-refractivity contribution is 5.94. The second-order valence-electron chi connectivity index (χ2n) is 3.85. The monoisotopic (exact) mass is 272 g/mol. The minimum absolute atomic E-state index is 0.0608. The highest BCUT2D eigenvalue weighted by atomic mass is 19.3. The molecule has 5 nitrogen and oxygen atoms in total. The van der Waals surface area contributed by atoms with Crippen LogP contribution in [0.5, 0.6) is 5.75 Å². The number of nitrogens with one attached hydrogen (secondary N) is 1. The predicted octanol–water partition coefficient (Wildman–Crippen LogP) is 0.546. The first kappa shape index (κ1) is 14.9. The van der Waals surface area contributed by atoms with Crippen LogP contribution in [0.2, 0.25) is 0 Å². The van der Waals surface area contributed by atoms with Gasteiger partial charge in [0, 0.05) is 24.0 Å². The van der Waals surface area contributed by atoms with Gasteiger partial charge in [-0.3, -0.25) is 4.79 Å². The van der Waals surface area contributed by atoms with Crippen LogP contribution in [0.4, 0.5) is 8.78 Å². The van der Waals surface area contributed by atoms with Gasteiger partial charge >= 0.3 is 6.61 Å². The summed E-state index contributed by atoms with van der Waals surface area (Å²) >= 11 is 0. The Labute approximate surface area is 108 Å². The van der Waals surface area contributed by atoms with Crippen molar-refractivity contribution in [2.75, 3.05) is 0 Å². The number of hydrogen-bond acceptors (Lipinski definition) is 4. The minimum Gasteiger partial charge on any atom is -0.550 e. The smallest absolute Gasteiger partial charge is 0.387 e. The first-order valence-electron chi connectivity index (χ1n) is 5.44. The van der Waals surface area contributed by atoms with Gasteiger partial charge in [0.2, 0.25) is 0 Å². The van der Waals surface area contributed by atoms with Crippen molar-refractivity contribution in [1.29, 1.82) is 0 Å². The Bertz CT molecular complexity index is 448. The molecule has 0 radical (unpaired) electrons. The van der Waals surface area contributed by atoms with Crippen molar-refractivity contribution in [3.8, 4) is 5.75 Å². The number of carbonyl (C=O) groups excluding carboxylic acids is 2. The lowest BCUT2D eigenvalue weighted by atomic mass is 10.1. The molecule has 0 aliphatic heterocycles. The first-order valence-corrected chi connectivity index (χ1v) is 5.44. The van der Waals surface area contributed by atoms with Crippen LogP contribution in [-0.2, 0) is 4.79 Å². The fraction of sp³-hybridized carbons (Fsp3) is 0.333. The lowest BCUT2D eigenvalue weighted by Gasteiger charge is -2.14. The third-order valence-corrected chi connectivity index (χ3v) is 2.19. The second kappa shape index (κ2) is 6.67. The lowest BCUT2D eigenvalue weighted by Crippen LogP contribution is -2.37. The molecular weight excluding hydrogens is 260 g/mol. The second-order valence-corrected chi connectivity index (χ2v) is 3.85. The molecule has 0 spiro atoms. The number of aliphatic carboxylic acids is 1. The Morgan fingerprint density at radius 2 is 1.89 bits per heavy atom. The van der Waals surface area contributed by atoms with E-state index in [9.17, 15) is 23.5 Å². The molecule has 1 amide bonds. The summed E-state index contributed by atoms with van der Waals surface area (Å²) in [5.74, 6) is -1.83. The van der Waals surface area contributed by atoms with Gasteiger partial charge in [-0.1, -0.05) is 0 Å². The van der Waals surface area contributed by atoms with Crippen LogP contribution in [0.1, 0.15) is 23.7 Å². The van der Waals surface area contributed by atoms with Gasteiger partial charge in [-0.25, -0.2) is 0 Å². The standard InChI is InChI=1S/C12H13F2NO4/c1-7(6-10(16)17)15-11(18)8-2-4-9(5-3-8)19-12(13)14/h2-5,7,12H,6H2,1H3,(H,15,18)(H,16,17)/p-1/t7-/m0/s1. The van der Waals surface area contributed by atoms with Crippen LogP contribution >= 0.6 is 0 Å². The molecule has 0 fully saturated rings. The topological polar surface area (TPSA) is 78.5 Å². The Morgan fingerprint density at radius 1 is 1.32 bits per heavy atom. The molecular formula is C12H12F2NO4-. The maximum Gasteiger partial charge on any atom is 0.387 e. The molecule has 0 saturated heterocycles. The molecule has 7 heteroatoms. The molecule has 0 aliphatic rings. The number of amides is 1. The van der Waals surface area contributed by atoms with E-state index in [1.807, 2.05) is 0 Å². The van der Waals surface area contributed by atoms with Crippen LogP contribution in [0, 0.1) is 0 Å². The Kier molecular flexibility index (Phi) is 5.23. The molecule has 0 bridgehead atoms. The van der Waals surface area contributed by atoms with Gasteiger partial charge in [-0.15, -0.1) is 0 Å². The van der Waals surface area contributed by atoms with E-state index < -0.39 is 24.5 Å². The number of carbonyl (C=O) groups is 2. The summed E-state index contributed by atoms with van der Waals surface area (Å²) in [5, 5.41) is 12.8. The van der Waals surface area contributed by atoms with Gasteiger partial charge < -0.3 is 20.0 Å². The number of carboxylic acid groups (broad SMARTS) is 1. The van der Waals surface area contributed by atoms with Crippen LogP contribution in [0.3, 0.4) is 0 Å². The number of rotatable bonds is 6. The normalized spacial score (nSPS) is 12.0. The maximum atomic E-state index is 11.9. The van der Waals surface area contributed by atoms with Crippen molar-refractivity contribution in [1.82, 2.24) is 5.32 Å². The molecule has 19 heavy (non-hydrogen) atoms. The molecule has 0 heterocycles. The molecule has 0 unspecified atom stereocenters. The predicted molar refractivity (Wildman–Crippen MR) is 59.6 cm³/mol. The van der Waals surface area contributed by atoms with Crippen LogP contribution < -0.4 is 15.2 Å². The van der Waals surface area contributed by atoms with E-state index in [1.54, 1.807) is 0 Å². The van der Waals surface area contributed by atoms with Gasteiger partial charge in [-0.05, 0) is 31.2 Å². The highest BCUT2D eigenvalue weighted by Gasteiger charge is 2.11. The third-order valence-electron chi connectivity index (χ3n) is 2.19. The highest BCUT2D eigenvalue weighted by Crippen LogP contribution is 2.14. The van der Waals surface area contributed by atoms with Crippen LogP contribution in [-0.4, -0.2) is 24.5 Å². The van der Waals surface area contributed by atoms with Crippen molar-refractivity contribution in [2.45, 2.75) is 26.0 Å². The van der Waals surface area contributed by atoms with E-state index in [4.69, 9.17) is 0 Å². The summed E-state index contributed by atoms with van der Waals surface area (Å²) in [6, 6.07) is 4.47. The molecule has 0 aliphatic carbocycles. The molecule has 1 aromatic rings. The number of alkyl halides is 2. The minimum atomic E-state index is -2.93. The summed E-state index contributed by atoms with van der Waals surface area (Å²) < 4.78 is 28.0.